The maximum absolute atomic E-state index is 5.72. The zero-order chi connectivity index (χ0) is 7.84. The highest BCUT2D eigenvalue weighted by atomic mass is 79.9. The average Bonchev–Trinajstić information content (AvgIpc) is 2.45. The predicted octanol–water partition coefficient (Wildman–Crippen LogP) is 2.17. The Morgan fingerprint density at radius 1 is 1.45 bits per heavy atom. The van der Waals surface area contributed by atoms with Gasteiger partial charge < -0.3 is 10.3 Å². The number of aromatic nitrogens is 1. The fraction of sp³-hybridized carbons (Fsp3) is 0. The molecule has 1 aromatic carbocycles. The third-order valence-corrected chi connectivity index (χ3v) is 2.22. The molecule has 2 aromatic rings. The molecule has 2 rings (SSSR count). The lowest BCUT2D eigenvalue weighted by atomic mass is 10.2. The Bertz CT molecular complexity index is 396. The molecule has 0 fully saturated rings. The Hall–Kier alpha value is -1.03. The molecular weight excluding hydrogens is 208 g/mol. The van der Waals surface area contributed by atoms with Crippen LogP contribution in [-0.2, 0) is 0 Å². The summed E-state index contributed by atoms with van der Waals surface area (Å²) in [5, 5.41) is 4.47. The Labute approximate surface area is 71.3 Å². The summed E-state index contributed by atoms with van der Waals surface area (Å²) in [5.41, 5.74) is 7.10. The van der Waals surface area contributed by atoms with E-state index in [2.05, 4.69) is 21.1 Å². The molecule has 1 aromatic heterocycles. The molecule has 11 heavy (non-hydrogen) atoms. The molecular formula is C7H5BrN2O. The van der Waals surface area contributed by atoms with Gasteiger partial charge in [0.2, 0.25) is 0 Å². The van der Waals surface area contributed by atoms with Crippen LogP contribution >= 0.6 is 15.9 Å². The number of fused-ring (bicyclic) bond motifs is 1. The number of hydrogen-bond acceptors (Lipinski definition) is 3. The summed E-state index contributed by atoms with van der Waals surface area (Å²) < 4.78 is 5.77. The zero-order valence-corrected chi connectivity index (χ0v) is 7.13. The molecule has 0 radical (unpaired) electrons. The van der Waals surface area contributed by atoms with E-state index in [1.807, 2.05) is 12.1 Å². The van der Waals surface area contributed by atoms with E-state index >= 15 is 0 Å². The lowest BCUT2D eigenvalue weighted by Gasteiger charge is -1.95. The van der Waals surface area contributed by atoms with E-state index in [1.54, 1.807) is 6.20 Å². The van der Waals surface area contributed by atoms with Crippen molar-refractivity contribution in [2.24, 2.45) is 0 Å². The SMILES string of the molecule is Nc1c(Br)ccc2oncc12. The van der Waals surface area contributed by atoms with Gasteiger partial charge in [-0.1, -0.05) is 5.16 Å². The third-order valence-electron chi connectivity index (χ3n) is 1.53. The predicted molar refractivity (Wildman–Crippen MR) is 46.1 cm³/mol. The number of nitrogens with zero attached hydrogens (tertiary/aromatic N) is 1. The molecule has 0 amide bonds. The summed E-state index contributed by atoms with van der Waals surface area (Å²) in [6.07, 6.45) is 1.61. The van der Waals surface area contributed by atoms with Crippen molar-refractivity contribution in [1.29, 1.82) is 0 Å². The monoisotopic (exact) mass is 212 g/mol. The Balaban J connectivity index is 2.93. The van der Waals surface area contributed by atoms with Crippen LogP contribution in [0.5, 0.6) is 0 Å². The van der Waals surface area contributed by atoms with Crippen LogP contribution in [-0.4, -0.2) is 5.16 Å². The van der Waals surface area contributed by atoms with Crippen molar-refractivity contribution in [3.63, 3.8) is 0 Å². The normalized spacial score (nSPS) is 10.6. The van der Waals surface area contributed by atoms with Gasteiger partial charge in [-0.05, 0) is 28.1 Å². The minimum Gasteiger partial charge on any atom is -0.397 e. The molecule has 3 nitrogen and oxygen atoms in total. The molecule has 56 valence electrons. The first-order chi connectivity index (χ1) is 5.29. The van der Waals surface area contributed by atoms with E-state index in [0.29, 0.717) is 11.3 Å². The topological polar surface area (TPSA) is 52.0 Å². The van der Waals surface area contributed by atoms with E-state index in [-0.39, 0.29) is 0 Å². The van der Waals surface area contributed by atoms with Gasteiger partial charge in [-0.15, -0.1) is 0 Å². The standard InChI is InChI=1S/C7H5BrN2O/c8-5-1-2-6-4(7(5)9)3-10-11-6/h1-3H,9H2. The van der Waals surface area contributed by atoms with E-state index in [9.17, 15) is 0 Å². The van der Waals surface area contributed by atoms with E-state index < -0.39 is 0 Å². The second kappa shape index (κ2) is 2.23. The Morgan fingerprint density at radius 2 is 2.27 bits per heavy atom. The molecule has 1 heterocycles. The summed E-state index contributed by atoms with van der Waals surface area (Å²) in [6.45, 7) is 0. The van der Waals surface area contributed by atoms with Gasteiger partial charge in [-0.3, -0.25) is 0 Å². The first kappa shape index (κ1) is 6.67. The van der Waals surface area contributed by atoms with Crippen molar-refractivity contribution >= 4 is 32.6 Å². The van der Waals surface area contributed by atoms with Gasteiger partial charge >= 0.3 is 0 Å². The first-order valence-corrected chi connectivity index (χ1v) is 3.86. The maximum atomic E-state index is 5.72. The van der Waals surface area contributed by atoms with Crippen LogP contribution in [0.2, 0.25) is 0 Å². The van der Waals surface area contributed by atoms with Gasteiger partial charge in [0.25, 0.3) is 0 Å². The quantitative estimate of drug-likeness (QED) is 0.682. The fourth-order valence-corrected chi connectivity index (χ4v) is 1.28. The molecule has 0 bridgehead atoms. The van der Waals surface area contributed by atoms with Crippen molar-refractivity contribution in [1.82, 2.24) is 5.16 Å². The molecule has 0 aliphatic heterocycles. The third kappa shape index (κ3) is 0.903. The van der Waals surface area contributed by atoms with Crippen LogP contribution in [0.4, 0.5) is 5.69 Å². The van der Waals surface area contributed by atoms with Crippen molar-refractivity contribution in [2.45, 2.75) is 0 Å². The van der Waals surface area contributed by atoms with E-state index in [0.717, 1.165) is 9.86 Å². The van der Waals surface area contributed by atoms with Crippen molar-refractivity contribution in [2.75, 3.05) is 5.73 Å². The molecule has 2 N–H and O–H groups in total. The van der Waals surface area contributed by atoms with Gasteiger partial charge in [0, 0.05) is 4.47 Å². The second-order valence-corrected chi connectivity index (χ2v) is 3.05. The number of rotatable bonds is 0. The molecule has 0 saturated carbocycles. The highest BCUT2D eigenvalue weighted by Gasteiger charge is 2.04. The molecule has 0 unspecified atom stereocenters. The van der Waals surface area contributed by atoms with Crippen molar-refractivity contribution in [3.05, 3.63) is 22.8 Å². The van der Waals surface area contributed by atoms with Gasteiger partial charge in [0.05, 0.1) is 17.3 Å². The zero-order valence-electron chi connectivity index (χ0n) is 5.54. The lowest BCUT2D eigenvalue weighted by Crippen LogP contribution is -1.85. The summed E-state index contributed by atoms with van der Waals surface area (Å²) in [6, 6.07) is 3.66. The fourth-order valence-electron chi connectivity index (χ4n) is 0.938. The van der Waals surface area contributed by atoms with Gasteiger partial charge in [-0.2, -0.15) is 0 Å². The Kier molecular flexibility index (Phi) is 1.35. The van der Waals surface area contributed by atoms with Gasteiger partial charge in [0.15, 0.2) is 5.58 Å². The van der Waals surface area contributed by atoms with Crippen LogP contribution in [0.15, 0.2) is 27.3 Å². The summed E-state index contributed by atoms with van der Waals surface area (Å²) in [4.78, 5) is 0. The number of nitrogens with two attached hydrogens (primary N) is 1. The number of halogens is 1. The highest BCUT2D eigenvalue weighted by Crippen LogP contribution is 2.27. The lowest BCUT2D eigenvalue weighted by molar-refractivity contribution is 0.456. The van der Waals surface area contributed by atoms with Crippen LogP contribution in [0.25, 0.3) is 11.0 Å². The highest BCUT2D eigenvalue weighted by molar-refractivity contribution is 9.10. The van der Waals surface area contributed by atoms with E-state index in [4.69, 9.17) is 10.3 Å². The van der Waals surface area contributed by atoms with Crippen LogP contribution in [0.1, 0.15) is 0 Å². The smallest absolute Gasteiger partial charge is 0.169 e. The minimum atomic E-state index is 0.670. The number of anilines is 1. The van der Waals surface area contributed by atoms with Crippen molar-refractivity contribution in [3.8, 4) is 0 Å². The summed E-state index contributed by atoms with van der Waals surface area (Å²) >= 11 is 3.31. The minimum absolute atomic E-state index is 0.670. The van der Waals surface area contributed by atoms with Crippen LogP contribution < -0.4 is 5.73 Å². The molecule has 0 atom stereocenters. The first-order valence-electron chi connectivity index (χ1n) is 3.07. The summed E-state index contributed by atoms with van der Waals surface area (Å²) in [5.74, 6) is 0. The maximum Gasteiger partial charge on any atom is 0.169 e. The molecule has 0 aliphatic carbocycles. The molecule has 0 saturated heterocycles. The van der Waals surface area contributed by atoms with Crippen LogP contribution in [0.3, 0.4) is 0 Å². The van der Waals surface area contributed by atoms with Gasteiger partial charge in [0.1, 0.15) is 0 Å². The molecule has 0 aliphatic rings. The van der Waals surface area contributed by atoms with Gasteiger partial charge in [-0.25, -0.2) is 0 Å². The number of benzene rings is 1. The molecule has 4 heteroatoms. The van der Waals surface area contributed by atoms with Crippen molar-refractivity contribution < 1.29 is 4.52 Å². The second-order valence-electron chi connectivity index (χ2n) is 2.20. The molecule has 0 spiro atoms. The number of nitrogen functional groups attached to an aromatic ring is 1. The summed E-state index contributed by atoms with van der Waals surface area (Å²) in [7, 11) is 0. The van der Waals surface area contributed by atoms with Crippen LogP contribution in [0, 0.1) is 0 Å². The largest absolute Gasteiger partial charge is 0.397 e. The average molecular weight is 213 g/mol. The van der Waals surface area contributed by atoms with E-state index in [1.165, 1.54) is 0 Å². The number of hydrogen-bond donors (Lipinski definition) is 1. The Morgan fingerprint density at radius 3 is 3.09 bits per heavy atom.